The van der Waals surface area contributed by atoms with E-state index in [1.54, 1.807) is 13.2 Å². The number of ether oxygens (including phenoxy) is 1. The molecule has 1 aliphatic carbocycles. The topological polar surface area (TPSA) is 9.23 Å². The highest BCUT2D eigenvalue weighted by atomic mass is 79.9. The number of fused-ring (bicyclic) bond motifs is 1. The minimum absolute atomic E-state index is 0.0487. The second-order valence-electron chi connectivity index (χ2n) is 3.77. The molecule has 0 unspecified atom stereocenters. The largest absolute Gasteiger partial charge is 0.376 e. The van der Waals surface area contributed by atoms with Gasteiger partial charge >= 0.3 is 0 Å². The van der Waals surface area contributed by atoms with Gasteiger partial charge in [-0.15, -0.1) is 0 Å². The van der Waals surface area contributed by atoms with E-state index in [2.05, 4.69) is 22.9 Å². The lowest BCUT2D eigenvalue weighted by molar-refractivity contribution is 0.0695. The van der Waals surface area contributed by atoms with E-state index in [1.807, 2.05) is 6.07 Å². The van der Waals surface area contributed by atoms with Crippen LogP contribution in [0.15, 0.2) is 16.6 Å². The van der Waals surface area contributed by atoms with Crippen molar-refractivity contribution in [2.75, 3.05) is 7.11 Å². The van der Waals surface area contributed by atoms with Crippen molar-refractivity contribution < 1.29 is 9.13 Å². The molecule has 14 heavy (non-hydrogen) atoms. The summed E-state index contributed by atoms with van der Waals surface area (Å²) >= 11 is 3.19. The highest BCUT2D eigenvalue weighted by molar-refractivity contribution is 9.10. The zero-order valence-corrected chi connectivity index (χ0v) is 9.77. The maximum atomic E-state index is 13.7. The lowest BCUT2D eigenvalue weighted by atomic mass is 10.1. The molecule has 0 aliphatic heterocycles. The molecule has 3 heteroatoms. The molecule has 0 heterocycles. The average Bonchev–Trinajstić information content (AvgIpc) is 2.49. The van der Waals surface area contributed by atoms with Gasteiger partial charge in [-0.05, 0) is 45.5 Å². The molecule has 0 saturated carbocycles. The zero-order valence-electron chi connectivity index (χ0n) is 8.18. The highest BCUT2D eigenvalue weighted by Gasteiger charge is 2.31. The van der Waals surface area contributed by atoms with E-state index in [-0.39, 0.29) is 11.9 Å². The van der Waals surface area contributed by atoms with E-state index in [0.29, 0.717) is 10.4 Å². The molecule has 0 aromatic heterocycles. The van der Waals surface area contributed by atoms with Crippen LogP contribution in [0.25, 0.3) is 0 Å². The van der Waals surface area contributed by atoms with Gasteiger partial charge in [-0.25, -0.2) is 4.39 Å². The molecule has 0 radical (unpaired) electrons. The Morgan fingerprint density at radius 2 is 2.21 bits per heavy atom. The van der Waals surface area contributed by atoms with Gasteiger partial charge in [0, 0.05) is 7.11 Å². The van der Waals surface area contributed by atoms with E-state index in [9.17, 15) is 4.39 Å². The quantitative estimate of drug-likeness (QED) is 0.750. The third-order valence-electron chi connectivity index (χ3n) is 2.84. The number of methoxy groups -OCH3 is 1. The zero-order chi connectivity index (χ0) is 10.3. The van der Waals surface area contributed by atoms with Crippen LogP contribution in [0.2, 0.25) is 0 Å². The maximum Gasteiger partial charge on any atom is 0.140 e. The SMILES string of the molecule is CO[C@H]1c2ccc(Br)c(F)c2C[C@H]1C. The van der Waals surface area contributed by atoms with Gasteiger partial charge in [0.15, 0.2) is 0 Å². The summed E-state index contributed by atoms with van der Waals surface area (Å²) < 4.78 is 19.6. The normalized spacial score (nSPS) is 25.1. The van der Waals surface area contributed by atoms with E-state index >= 15 is 0 Å². The molecule has 1 aromatic carbocycles. The minimum Gasteiger partial charge on any atom is -0.376 e. The summed E-state index contributed by atoms with van der Waals surface area (Å²) in [5.41, 5.74) is 1.81. The van der Waals surface area contributed by atoms with Crippen molar-refractivity contribution in [1.29, 1.82) is 0 Å². The van der Waals surface area contributed by atoms with Crippen LogP contribution < -0.4 is 0 Å². The molecule has 0 saturated heterocycles. The summed E-state index contributed by atoms with van der Waals surface area (Å²) in [4.78, 5) is 0. The second-order valence-corrected chi connectivity index (χ2v) is 4.62. The Hall–Kier alpha value is -0.410. The van der Waals surface area contributed by atoms with Crippen molar-refractivity contribution in [2.45, 2.75) is 19.4 Å². The fourth-order valence-corrected chi connectivity index (χ4v) is 2.55. The molecule has 76 valence electrons. The fourth-order valence-electron chi connectivity index (χ4n) is 2.18. The first-order valence-electron chi connectivity index (χ1n) is 4.64. The summed E-state index contributed by atoms with van der Waals surface area (Å²) in [7, 11) is 1.68. The number of halogens is 2. The molecule has 0 amide bonds. The smallest absolute Gasteiger partial charge is 0.140 e. The van der Waals surface area contributed by atoms with Gasteiger partial charge < -0.3 is 4.74 Å². The van der Waals surface area contributed by atoms with Gasteiger partial charge in [0.1, 0.15) is 5.82 Å². The van der Waals surface area contributed by atoms with Crippen molar-refractivity contribution in [2.24, 2.45) is 5.92 Å². The third kappa shape index (κ3) is 1.39. The summed E-state index contributed by atoms with van der Waals surface area (Å²) in [6.07, 6.45) is 0.812. The number of benzene rings is 1. The van der Waals surface area contributed by atoms with Crippen LogP contribution in [0.5, 0.6) is 0 Å². The molecular weight excluding hydrogens is 247 g/mol. The molecule has 1 nitrogen and oxygen atoms in total. The standard InChI is InChI=1S/C11H12BrFO/c1-6-5-8-7(11(6)14-2)3-4-9(12)10(8)13/h3-4,6,11H,5H2,1-2H3/t6-,11-/m1/s1. The van der Waals surface area contributed by atoms with Crippen LogP contribution in [0, 0.1) is 11.7 Å². The maximum absolute atomic E-state index is 13.7. The Morgan fingerprint density at radius 1 is 1.50 bits per heavy atom. The van der Waals surface area contributed by atoms with E-state index in [4.69, 9.17) is 4.74 Å². The predicted octanol–water partition coefficient (Wildman–Crippen LogP) is 3.47. The van der Waals surface area contributed by atoms with Crippen molar-refractivity contribution in [3.63, 3.8) is 0 Å². The van der Waals surface area contributed by atoms with Crippen LogP contribution in [0.1, 0.15) is 24.2 Å². The van der Waals surface area contributed by atoms with Gasteiger partial charge in [-0.3, -0.25) is 0 Å². The minimum atomic E-state index is -0.131. The van der Waals surface area contributed by atoms with Crippen LogP contribution in [0.4, 0.5) is 4.39 Å². The molecule has 1 aliphatic rings. The second kappa shape index (κ2) is 3.63. The molecule has 1 aromatic rings. The first kappa shape index (κ1) is 10.1. The van der Waals surface area contributed by atoms with Gasteiger partial charge in [-0.2, -0.15) is 0 Å². The van der Waals surface area contributed by atoms with Gasteiger partial charge in [0.05, 0.1) is 10.6 Å². The van der Waals surface area contributed by atoms with Gasteiger partial charge in [-0.1, -0.05) is 13.0 Å². The Morgan fingerprint density at radius 3 is 2.86 bits per heavy atom. The number of hydrogen-bond acceptors (Lipinski definition) is 1. The van der Waals surface area contributed by atoms with E-state index < -0.39 is 0 Å². The van der Waals surface area contributed by atoms with Crippen molar-refractivity contribution >= 4 is 15.9 Å². The summed E-state index contributed by atoms with van der Waals surface area (Å²) in [6.45, 7) is 2.08. The van der Waals surface area contributed by atoms with E-state index in [0.717, 1.165) is 17.5 Å². The van der Waals surface area contributed by atoms with Gasteiger partial charge in [0.2, 0.25) is 0 Å². The Labute approximate surface area is 91.4 Å². The first-order valence-corrected chi connectivity index (χ1v) is 5.44. The Balaban J connectivity index is 2.52. The molecule has 0 N–H and O–H groups in total. The van der Waals surface area contributed by atoms with Gasteiger partial charge in [0.25, 0.3) is 0 Å². The monoisotopic (exact) mass is 258 g/mol. The Kier molecular flexibility index (Phi) is 2.62. The molecule has 0 fully saturated rings. The summed E-state index contributed by atoms with van der Waals surface area (Å²) in [5.74, 6) is 0.229. The van der Waals surface area contributed by atoms with Crippen LogP contribution in [-0.2, 0) is 11.2 Å². The van der Waals surface area contributed by atoms with E-state index in [1.165, 1.54) is 0 Å². The third-order valence-corrected chi connectivity index (χ3v) is 3.45. The molecule has 0 spiro atoms. The molecule has 0 bridgehead atoms. The molecule has 2 atom stereocenters. The summed E-state index contributed by atoms with van der Waals surface area (Å²) in [6, 6.07) is 3.69. The number of rotatable bonds is 1. The molecule has 2 rings (SSSR count). The molecular formula is C11H12BrFO. The fraction of sp³-hybridized carbons (Fsp3) is 0.455. The van der Waals surface area contributed by atoms with Crippen molar-refractivity contribution in [3.05, 3.63) is 33.5 Å². The lowest BCUT2D eigenvalue weighted by Gasteiger charge is -2.14. The lowest BCUT2D eigenvalue weighted by Crippen LogP contribution is -2.05. The van der Waals surface area contributed by atoms with Crippen LogP contribution in [0.3, 0.4) is 0 Å². The summed E-state index contributed by atoms with van der Waals surface area (Å²) in [5, 5.41) is 0. The predicted molar refractivity (Wildman–Crippen MR) is 56.7 cm³/mol. The van der Waals surface area contributed by atoms with Crippen LogP contribution >= 0.6 is 15.9 Å². The van der Waals surface area contributed by atoms with Crippen molar-refractivity contribution in [1.82, 2.24) is 0 Å². The van der Waals surface area contributed by atoms with Crippen molar-refractivity contribution in [3.8, 4) is 0 Å². The highest BCUT2D eigenvalue weighted by Crippen LogP contribution is 2.40. The number of hydrogen-bond donors (Lipinski definition) is 0. The first-order chi connectivity index (χ1) is 6.65. The Bertz CT molecular complexity index is 365. The van der Waals surface area contributed by atoms with Crippen LogP contribution in [-0.4, -0.2) is 7.11 Å². The average molecular weight is 259 g/mol.